The zero-order chi connectivity index (χ0) is 13.6. The van der Waals surface area contributed by atoms with E-state index in [1.165, 1.54) is 11.1 Å². The monoisotopic (exact) mass is 249 g/mol. The van der Waals surface area contributed by atoms with Crippen molar-refractivity contribution in [2.75, 3.05) is 13.1 Å². The molecule has 3 nitrogen and oxygen atoms in total. The summed E-state index contributed by atoms with van der Waals surface area (Å²) in [6.07, 6.45) is 1.18. The molecule has 0 saturated carbocycles. The molecule has 2 N–H and O–H groups in total. The topological polar surface area (TPSA) is 49.3 Å². The van der Waals surface area contributed by atoms with Crippen LogP contribution in [0.25, 0.3) is 0 Å². The second-order valence-corrected chi connectivity index (χ2v) is 5.65. The van der Waals surface area contributed by atoms with Gasteiger partial charge in [-0.15, -0.1) is 0 Å². The lowest BCUT2D eigenvalue weighted by molar-refractivity contribution is -0.139. The summed E-state index contributed by atoms with van der Waals surface area (Å²) in [6.45, 7) is 7.64. The predicted molar refractivity (Wildman–Crippen MR) is 73.8 cm³/mol. The Bertz CT molecular complexity index is 399. The third-order valence-electron chi connectivity index (χ3n) is 2.91. The number of rotatable bonds is 7. The highest BCUT2D eigenvalue weighted by atomic mass is 16.4. The van der Waals surface area contributed by atoms with E-state index in [4.69, 9.17) is 5.11 Å². The molecule has 1 rings (SSSR count). The van der Waals surface area contributed by atoms with Crippen molar-refractivity contribution in [2.45, 2.75) is 33.6 Å². The van der Waals surface area contributed by atoms with Crippen LogP contribution >= 0.6 is 0 Å². The van der Waals surface area contributed by atoms with Gasteiger partial charge in [0, 0.05) is 6.54 Å². The molecule has 0 atom stereocenters. The molecule has 0 amide bonds. The lowest BCUT2D eigenvalue weighted by Gasteiger charge is -2.22. The van der Waals surface area contributed by atoms with E-state index in [1.54, 1.807) is 0 Å². The normalized spacial score (nSPS) is 11.5. The van der Waals surface area contributed by atoms with Gasteiger partial charge in [0.1, 0.15) is 0 Å². The quantitative estimate of drug-likeness (QED) is 0.730. The van der Waals surface area contributed by atoms with Gasteiger partial charge in [0.25, 0.3) is 0 Å². The molecular weight excluding hydrogens is 226 g/mol. The van der Waals surface area contributed by atoms with Gasteiger partial charge in [-0.2, -0.15) is 0 Å². The minimum Gasteiger partial charge on any atom is -0.481 e. The standard InChI is InChI=1S/C15H23NO2/c1-12-5-4-6-13(9-12)7-8-16-11-15(2,3)10-14(17)18/h4-6,9,16H,7-8,10-11H2,1-3H3,(H,17,18). The van der Waals surface area contributed by atoms with Crippen molar-refractivity contribution in [1.82, 2.24) is 5.32 Å². The number of benzene rings is 1. The molecule has 18 heavy (non-hydrogen) atoms. The molecule has 0 aliphatic rings. The number of nitrogens with one attached hydrogen (secondary N) is 1. The van der Waals surface area contributed by atoms with Crippen molar-refractivity contribution < 1.29 is 9.90 Å². The van der Waals surface area contributed by atoms with Crippen molar-refractivity contribution in [1.29, 1.82) is 0 Å². The Morgan fingerprint density at radius 3 is 2.72 bits per heavy atom. The summed E-state index contributed by atoms with van der Waals surface area (Å²) < 4.78 is 0. The van der Waals surface area contributed by atoms with Crippen molar-refractivity contribution >= 4 is 5.97 Å². The minimum atomic E-state index is -0.736. The van der Waals surface area contributed by atoms with Gasteiger partial charge in [-0.3, -0.25) is 4.79 Å². The molecule has 3 heteroatoms. The highest BCUT2D eigenvalue weighted by Gasteiger charge is 2.20. The van der Waals surface area contributed by atoms with Gasteiger partial charge in [0.15, 0.2) is 0 Å². The van der Waals surface area contributed by atoms with Gasteiger partial charge >= 0.3 is 5.97 Å². The van der Waals surface area contributed by atoms with Crippen LogP contribution in [0.3, 0.4) is 0 Å². The summed E-state index contributed by atoms with van der Waals surface area (Å²) in [5.74, 6) is -0.736. The van der Waals surface area contributed by atoms with E-state index in [0.717, 1.165) is 19.5 Å². The van der Waals surface area contributed by atoms with E-state index in [2.05, 4.69) is 36.5 Å². The first-order valence-electron chi connectivity index (χ1n) is 6.37. The molecule has 0 spiro atoms. The van der Waals surface area contributed by atoms with E-state index < -0.39 is 5.97 Å². The average molecular weight is 249 g/mol. The van der Waals surface area contributed by atoms with Gasteiger partial charge < -0.3 is 10.4 Å². The maximum atomic E-state index is 10.7. The number of carboxylic acids is 1. The van der Waals surface area contributed by atoms with Crippen molar-refractivity contribution in [3.63, 3.8) is 0 Å². The molecule has 0 fully saturated rings. The van der Waals surface area contributed by atoms with Gasteiger partial charge in [-0.25, -0.2) is 0 Å². The van der Waals surface area contributed by atoms with E-state index in [9.17, 15) is 4.79 Å². The van der Waals surface area contributed by atoms with E-state index >= 15 is 0 Å². The van der Waals surface area contributed by atoms with Gasteiger partial charge in [-0.05, 0) is 30.9 Å². The second kappa shape index (κ2) is 6.55. The molecular formula is C15H23NO2. The Morgan fingerprint density at radius 1 is 1.39 bits per heavy atom. The van der Waals surface area contributed by atoms with Crippen LogP contribution in [0.2, 0.25) is 0 Å². The van der Waals surface area contributed by atoms with Crippen LogP contribution in [-0.4, -0.2) is 24.2 Å². The highest BCUT2D eigenvalue weighted by Crippen LogP contribution is 2.18. The fourth-order valence-electron chi connectivity index (χ4n) is 2.00. The molecule has 1 aromatic rings. The van der Waals surface area contributed by atoms with Gasteiger partial charge in [0.05, 0.1) is 6.42 Å². The maximum absolute atomic E-state index is 10.7. The molecule has 0 aromatic heterocycles. The summed E-state index contributed by atoms with van der Waals surface area (Å²) in [5.41, 5.74) is 2.40. The first-order chi connectivity index (χ1) is 8.39. The van der Waals surface area contributed by atoms with Crippen LogP contribution in [0.1, 0.15) is 31.4 Å². The van der Waals surface area contributed by atoms with Gasteiger partial charge in [0.2, 0.25) is 0 Å². The van der Waals surface area contributed by atoms with Crippen LogP contribution in [-0.2, 0) is 11.2 Å². The van der Waals surface area contributed by atoms with Gasteiger partial charge in [-0.1, -0.05) is 43.7 Å². The smallest absolute Gasteiger partial charge is 0.303 e. The van der Waals surface area contributed by atoms with Crippen LogP contribution in [0, 0.1) is 12.3 Å². The Kier molecular flexibility index (Phi) is 5.35. The molecule has 100 valence electrons. The zero-order valence-corrected chi connectivity index (χ0v) is 11.5. The molecule has 0 saturated heterocycles. The van der Waals surface area contributed by atoms with Crippen LogP contribution < -0.4 is 5.32 Å². The molecule has 0 unspecified atom stereocenters. The van der Waals surface area contributed by atoms with E-state index in [1.807, 2.05) is 13.8 Å². The Hall–Kier alpha value is -1.35. The number of hydrogen-bond donors (Lipinski definition) is 2. The largest absolute Gasteiger partial charge is 0.481 e. The summed E-state index contributed by atoms with van der Waals surface area (Å²) in [6, 6.07) is 8.47. The second-order valence-electron chi connectivity index (χ2n) is 5.65. The number of carboxylic acid groups (broad SMARTS) is 1. The number of aryl methyl sites for hydroxylation is 1. The summed E-state index contributed by atoms with van der Waals surface area (Å²) in [5, 5.41) is 12.1. The number of carbonyl (C=O) groups is 1. The first kappa shape index (κ1) is 14.7. The molecule has 0 bridgehead atoms. The van der Waals surface area contributed by atoms with Crippen molar-refractivity contribution in [3.8, 4) is 0 Å². The molecule has 0 aliphatic heterocycles. The minimum absolute atomic E-state index is 0.196. The predicted octanol–water partition coefficient (Wildman–Crippen LogP) is 2.63. The molecule has 0 aliphatic carbocycles. The third kappa shape index (κ3) is 5.82. The first-order valence-corrected chi connectivity index (χ1v) is 6.37. The Morgan fingerprint density at radius 2 is 2.11 bits per heavy atom. The zero-order valence-electron chi connectivity index (χ0n) is 11.5. The molecule has 1 aromatic carbocycles. The van der Waals surface area contributed by atoms with Crippen LogP contribution in [0.5, 0.6) is 0 Å². The summed E-state index contributed by atoms with van der Waals surface area (Å²) >= 11 is 0. The number of aliphatic carboxylic acids is 1. The lowest BCUT2D eigenvalue weighted by Crippen LogP contribution is -2.32. The SMILES string of the molecule is Cc1cccc(CCNCC(C)(C)CC(=O)O)c1. The molecule has 0 heterocycles. The van der Waals surface area contributed by atoms with E-state index in [0.29, 0.717) is 0 Å². The highest BCUT2D eigenvalue weighted by molar-refractivity contribution is 5.67. The summed E-state index contributed by atoms with van der Waals surface area (Å²) in [4.78, 5) is 10.7. The van der Waals surface area contributed by atoms with E-state index in [-0.39, 0.29) is 11.8 Å². The lowest BCUT2D eigenvalue weighted by atomic mass is 9.89. The fraction of sp³-hybridized carbons (Fsp3) is 0.533. The third-order valence-corrected chi connectivity index (χ3v) is 2.91. The maximum Gasteiger partial charge on any atom is 0.303 e. The number of hydrogen-bond acceptors (Lipinski definition) is 2. The van der Waals surface area contributed by atoms with Crippen LogP contribution in [0.15, 0.2) is 24.3 Å². The van der Waals surface area contributed by atoms with Crippen LogP contribution in [0.4, 0.5) is 0 Å². The molecule has 0 radical (unpaired) electrons. The fourth-order valence-corrected chi connectivity index (χ4v) is 2.00. The Balaban J connectivity index is 2.28. The Labute approximate surface area is 109 Å². The summed E-state index contributed by atoms with van der Waals surface area (Å²) in [7, 11) is 0. The average Bonchev–Trinajstić information content (AvgIpc) is 2.23. The van der Waals surface area contributed by atoms with Crippen molar-refractivity contribution in [3.05, 3.63) is 35.4 Å². The van der Waals surface area contributed by atoms with Crippen molar-refractivity contribution in [2.24, 2.45) is 5.41 Å².